The van der Waals surface area contributed by atoms with Crippen molar-refractivity contribution < 1.29 is 19.4 Å². The molecule has 27 heavy (non-hydrogen) atoms. The predicted molar refractivity (Wildman–Crippen MR) is 98.2 cm³/mol. The molecule has 2 saturated heterocycles. The van der Waals surface area contributed by atoms with E-state index in [0.717, 1.165) is 11.3 Å². The Morgan fingerprint density at radius 3 is 2.59 bits per heavy atom. The molecule has 0 saturated carbocycles. The maximum Gasteiger partial charge on any atom is 0.308 e. The van der Waals surface area contributed by atoms with Crippen molar-refractivity contribution in [3.63, 3.8) is 0 Å². The molecular formula is C20H23N3O4. The van der Waals surface area contributed by atoms with Gasteiger partial charge in [-0.15, -0.1) is 0 Å². The molecule has 2 aromatic rings. The summed E-state index contributed by atoms with van der Waals surface area (Å²) in [5, 5.41) is 14.2. The summed E-state index contributed by atoms with van der Waals surface area (Å²) in [4.78, 5) is 26.7. The second-order valence-corrected chi connectivity index (χ2v) is 7.46. The summed E-state index contributed by atoms with van der Waals surface area (Å²) in [7, 11) is 1.74. The topological polar surface area (TPSA) is 84.7 Å². The van der Waals surface area contributed by atoms with Crippen molar-refractivity contribution >= 4 is 11.9 Å². The number of hydrogen-bond acceptors (Lipinski definition) is 4. The fourth-order valence-corrected chi connectivity index (χ4v) is 4.33. The lowest BCUT2D eigenvalue weighted by Crippen LogP contribution is -2.40. The van der Waals surface area contributed by atoms with Crippen molar-refractivity contribution in [2.24, 2.45) is 18.4 Å². The molecule has 2 aliphatic heterocycles. The third-order valence-electron chi connectivity index (χ3n) is 5.89. The summed E-state index contributed by atoms with van der Waals surface area (Å²) >= 11 is 0. The van der Waals surface area contributed by atoms with Gasteiger partial charge < -0.3 is 14.7 Å². The normalized spacial score (nSPS) is 21.5. The summed E-state index contributed by atoms with van der Waals surface area (Å²) in [5.74, 6) is -1.55. The number of amides is 1. The molecule has 4 rings (SSSR count). The molecule has 0 aliphatic carbocycles. The van der Waals surface area contributed by atoms with Gasteiger partial charge in [0.25, 0.3) is 5.91 Å². The largest absolute Gasteiger partial charge is 0.481 e. The van der Waals surface area contributed by atoms with Gasteiger partial charge in [0.15, 0.2) is 0 Å². The van der Waals surface area contributed by atoms with Crippen LogP contribution < -0.4 is 0 Å². The number of hydrogen-bond donors (Lipinski definition) is 1. The molecule has 2 aliphatic rings. The fraction of sp³-hybridized carbons (Fsp3) is 0.450. The number of aliphatic carboxylic acids is 1. The van der Waals surface area contributed by atoms with E-state index < -0.39 is 11.9 Å². The van der Waals surface area contributed by atoms with Crippen LogP contribution >= 0.6 is 0 Å². The highest BCUT2D eigenvalue weighted by atomic mass is 16.5. The highest BCUT2D eigenvalue weighted by Gasteiger charge is 2.52. The first-order valence-corrected chi connectivity index (χ1v) is 9.19. The lowest BCUT2D eigenvalue weighted by Gasteiger charge is -2.36. The quantitative estimate of drug-likeness (QED) is 0.895. The van der Waals surface area contributed by atoms with Gasteiger partial charge >= 0.3 is 5.97 Å². The third kappa shape index (κ3) is 3.12. The highest BCUT2D eigenvalue weighted by molar-refractivity contribution is 5.94. The Hall–Kier alpha value is -2.67. The van der Waals surface area contributed by atoms with Crippen molar-refractivity contribution in [1.82, 2.24) is 14.7 Å². The standard InChI is InChI=1S/C20H23N3O4/c1-22-17(11-16(21-22)14-5-3-2-4-6-14)18(24)23-12-15(19(25)26)20(13-23)7-9-27-10-8-20/h2-6,11,15H,7-10,12-13H2,1H3,(H,25,26). The highest BCUT2D eigenvalue weighted by Crippen LogP contribution is 2.44. The maximum absolute atomic E-state index is 13.1. The van der Waals surface area contributed by atoms with Gasteiger partial charge in [-0.2, -0.15) is 5.10 Å². The zero-order valence-corrected chi connectivity index (χ0v) is 15.3. The van der Waals surface area contributed by atoms with E-state index in [0.29, 0.717) is 38.3 Å². The minimum absolute atomic E-state index is 0.165. The first kappa shape index (κ1) is 17.7. The van der Waals surface area contributed by atoms with Crippen LogP contribution in [0.15, 0.2) is 36.4 Å². The van der Waals surface area contributed by atoms with Crippen molar-refractivity contribution in [2.45, 2.75) is 12.8 Å². The number of carbonyl (C=O) groups is 2. The molecule has 0 bridgehead atoms. The van der Waals surface area contributed by atoms with Crippen molar-refractivity contribution in [3.8, 4) is 11.3 Å². The van der Waals surface area contributed by atoms with E-state index in [-0.39, 0.29) is 17.9 Å². The zero-order valence-electron chi connectivity index (χ0n) is 15.3. The Kier molecular flexibility index (Phi) is 4.47. The van der Waals surface area contributed by atoms with E-state index in [1.54, 1.807) is 22.7 Å². The monoisotopic (exact) mass is 369 g/mol. The average Bonchev–Trinajstić information content (AvgIpc) is 3.24. The van der Waals surface area contributed by atoms with Crippen LogP contribution in [0.4, 0.5) is 0 Å². The summed E-state index contributed by atoms with van der Waals surface area (Å²) < 4.78 is 7.00. The number of likely N-dealkylation sites (tertiary alicyclic amines) is 1. The number of ether oxygens (including phenoxy) is 1. The van der Waals surface area contributed by atoms with E-state index in [2.05, 4.69) is 5.10 Å². The smallest absolute Gasteiger partial charge is 0.308 e. The van der Waals surface area contributed by atoms with Gasteiger partial charge in [0, 0.05) is 44.3 Å². The van der Waals surface area contributed by atoms with E-state index in [1.807, 2.05) is 30.3 Å². The van der Waals surface area contributed by atoms with Crippen LogP contribution in [-0.4, -0.2) is 58.0 Å². The third-order valence-corrected chi connectivity index (χ3v) is 5.89. The molecule has 2 fully saturated rings. The predicted octanol–water partition coefficient (Wildman–Crippen LogP) is 2.04. The van der Waals surface area contributed by atoms with Crippen molar-refractivity contribution in [2.75, 3.05) is 26.3 Å². The van der Waals surface area contributed by atoms with Gasteiger partial charge in [-0.25, -0.2) is 0 Å². The van der Waals surface area contributed by atoms with Gasteiger partial charge in [-0.3, -0.25) is 14.3 Å². The Bertz CT molecular complexity index is 855. The maximum atomic E-state index is 13.1. The number of carbonyl (C=O) groups excluding carboxylic acids is 1. The number of benzene rings is 1. The molecule has 7 heteroatoms. The number of aryl methyl sites for hydroxylation is 1. The zero-order chi connectivity index (χ0) is 19.0. The Labute approximate surface area is 157 Å². The number of aromatic nitrogens is 2. The molecular weight excluding hydrogens is 346 g/mol. The van der Waals surface area contributed by atoms with Crippen LogP contribution in [-0.2, 0) is 16.6 Å². The Morgan fingerprint density at radius 1 is 1.22 bits per heavy atom. The first-order valence-electron chi connectivity index (χ1n) is 9.19. The first-order chi connectivity index (χ1) is 13.0. The van der Waals surface area contributed by atoms with Crippen LogP contribution in [0.3, 0.4) is 0 Å². The molecule has 1 atom stereocenters. The molecule has 1 spiro atoms. The molecule has 1 aromatic carbocycles. The number of nitrogens with zero attached hydrogens (tertiary/aromatic N) is 3. The average molecular weight is 369 g/mol. The molecule has 3 heterocycles. The number of rotatable bonds is 3. The minimum Gasteiger partial charge on any atom is -0.481 e. The van der Waals surface area contributed by atoms with Gasteiger partial charge in [0.1, 0.15) is 5.69 Å². The summed E-state index contributed by atoms with van der Waals surface area (Å²) in [5.41, 5.74) is 1.76. The minimum atomic E-state index is -0.831. The van der Waals surface area contributed by atoms with Crippen molar-refractivity contribution in [3.05, 3.63) is 42.1 Å². The second-order valence-electron chi connectivity index (χ2n) is 7.46. The molecule has 1 aromatic heterocycles. The van der Waals surface area contributed by atoms with Crippen LogP contribution in [0.2, 0.25) is 0 Å². The van der Waals surface area contributed by atoms with E-state index in [1.165, 1.54) is 0 Å². The number of carboxylic acid groups (broad SMARTS) is 1. The molecule has 142 valence electrons. The van der Waals surface area contributed by atoms with Crippen LogP contribution in [0.1, 0.15) is 23.3 Å². The molecule has 0 radical (unpaired) electrons. The van der Waals surface area contributed by atoms with Gasteiger partial charge in [-0.1, -0.05) is 30.3 Å². The summed E-state index contributed by atoms with van der Waals surface area (Å²) in [6, 6.07) is 11.5. The van der Waals surface area contributed by atoms with E-state index >= 15 is 0 Å². The van der Waals surface area contributed by atoms with Gasteiger partial charge in [-0.05, 0) is 18.9 Å². The van der Waals surface area contributed by atoms with Crippen molar-refractivity contribution in [1.29, 1.82) is 0 Å². The Balaban J connectivity index is 1.60. The molecule has 1 unspecified atom stereocenters. The van der Waals surface area contributed by atoms with Gasteiger partial charge in [0.2, 0.25) is 0 Å². The molecule has 1 amide bonds. The Morgan fingerprint density at radius 2 is 1.93 bits per heavy atom. The lowest BCUT2D eigenvalue weighted by atomic mass is 9.72. The second kappa shape index (κ2) is 6.81. The summed E-state index contributed by atoms with van der Waals surface area (Å²) in [6.45, 7) is 1.80. The van der Waals surface area contributed by atoms with Crippen LogP contribution in [0.25, 0.3) is 11.3 Å². The molecule has 7 nitrogen and oxygen atoms in total. The van der Waals surface area contributed by atoms with Crippen LogP contribution in [0.5, 0.6) is 0 Å². The van der Waals surface area contributed by atoms with Crippen LogP contribution in [0, 0.1) is 11.3 Å². The SMILES string of the molecule is Cn1nc(-c2ccccc2)cc1C(=O)N1CC(C(=O)O)C2(CCOCC2)C1. The van der Waals surface area contributed by atoms with E-state index in [9.17, 15) is 14.7 Å². The summed E-state index contributed by atoms with van der Waals surface area (Å²) in [6.07, 6.45) is 1.35. The molecule has 1 N–H and O–H groups in total. The van der Waals surface area contributed by atoms with Gasteiger partial charge in [0.05, 0.1) is 11.6 Å². The lowest BCUT2D eigenvalue weighted by molar-refractivity contribution is -0.146. The number of carboxylic acids is 1. The fourth-order valence-electron chi connectivity index (χ4n) is 4.33. The van der Waals surface area contributed by atoms with E-state index in [4.69, 9.17) is 4.74 Å².